The molecule has 1 aliphatic carbocycles. The zero-order chi connectivity index (χ0) is 11.7. The standard InChI is InChI=1S/C9H17O5P/c1-9(2,7-5-3-4-6-7)14-8(10)15(11,12)13/h7H,3-6H2,1-2H3,(H2,11,12,13). The lowest BCUT2D eigenvalue weighted by Crippen LogP contribution is -2.34. The maximum Gasteiger partial charge on any atom is 0.433 e. The van der Waals surface area contributed by atoms with E-state index in [-0.39, 0.29) is 5.92 Å². The molecule has 1 aliphatic rings. The van der Waals surface area contributed by atoms with Gasteiger partial charge in [0.1, 0.15) is 5.60 Å². The fraction of sp³-hybridized carbons (Fsp3) is 0.889. The van der Waals surface area contributed by atoms with Crippen LogP contribution in [0.25, 0.3) is 0 Å². The first-order chi connectivity index (χ1) is 6.73. The quantitative estimate of drug-likeness (QED) is 0.734. The maximum atomic E-state index is 11.1. The van der Waals surface area contributed by atoms with Crippen molar-refractivity contribution in [1.29, 1.82) is 0 Å². The highest BCUT2D eigenvalue weighted by Gasteiger charge is 2.39. The molecule has 0 aromatic rings. The Morgan fingerprint density at radius 2 is 1.80 bits per heavy atom. The minimum absolute atomic E-state index is 0.202. The van der Waals surface area contributed by atoms with Crippen LogP contribution in [-0.2, 0) is 9.30 Å². The molecule has 88 valence electrons. The summed E-state index contributed by atoms with van der Waals surface area (Å²) in [5.74, 6) is 0.202. The molecule has 0 unspecified atom stereocenters. The first-order valence-corrected chi connectivity index (χ1v) is 6.64. The van der Waals surface area contributed by atoms with Crippen molar-refractivity contribution in [2.45, 2.75) is 45.1 Å². The number of carbonyl (C=O) groups excluding carboxylic acids is 1. The SMILES string of the molecule is CC(C)(OC(=O)P(=O)(O)O)C1CCCC1. The van der Waals surface area contributed by atoms with Gasteiger partial charge in [-0.3, -0.25) is 0 Å². The van der Waals surface area contributed by atoms with Gasteiger partial charge in [0.15, 0.2) is 0 Å². The summed E-state index contributed by atoms with van der Waals surface area (Å²) in [6.07, 6.45) is 4.06. The van der Waals surface area contributed by atoms with E-state index in [4.69, 9.17) is 14.5 Å². The van der Waals surface area contributed by atoms with Crippen LogP contribution in [0.5, 0.6) is 0 Å². The van der Waals surface area contributed by atoms with Crippen LogP contribution in [0.1, 0.15) is 39.5 Å². The van der Waals surface area contributed by atoms with Crippen molar-refractivity contribution in [3.63, 3.8) is 0 Å². The van der Waals surface area contributed by atoms with E-state index in [9.17, 15) is 9.36 Å². The molecule has 0 aromatic heterocycles. The zero-order valence-electron chi connectivity index (χ0n) is 8.97. The van der Waals surface area contributed by atoms with Crippen molar-refractivity contribution >= 4 is 13.3 Å². The molecule has 0 aliphatic heterocycles. The highest BCUT2D eigenvalue weighted by atomic mass is 31.2. The predicted octanol–water partition coefficient (Wildman–Crippen LogP) is 2.27. The van der Waals surface area contributed by atoms with Gasteiger partial charge in [-0.25, -0.2) is 9.36 Å². The summed E-state index contributed by atoms with van der Waals surface area (Å²) < 4.78 is 15.5. The Kier molecular flexibility index (Phi) is 3.59. The summed E-state index contributed by atoms with van der Waals surface area (Å²) in [5.41, 5.74) is -2.20. The Hall–Kier alpha value is -0.380. The smallest absolute Gasteiger partial charge is 0.433 e. The first kappa shape index (κ1) is 12.7. The molecule has 5 nitrogen and oxygen atoms in total. The third kappa shape index (κ3) is 3.30. The Morgan fingerprint density at radius 1 is 1.33 bits per heavy atom. The number of hydrogen-bond donors (Lipinski definition) is 2. The van der Waals surface area contributed by atoms with Gasteiger partial charge in [0.25, 0.3) is 0 Å². The highest BCUT2D eigenvalue weighted by Crippen LogP contribution is 2.42. The normalized spacial score (nSPS) is 19.2. The average molecular weight is 236 g/mol. The van der Waals surface area contributed by atoms with E-state index in [1.165, 1.54) is 0 Å². The third-order valence-corrected chi connectivity index (χ3v) is 3.49. The number of ether oxygens (including phenoxy) is 1. The molecule has 1 rings (SSSR count). The molecular formula is C9H17O5P. The second-order valence-corrected chi connectivity index (χ2v) is 5.95. The Balaban J connectivity index is 2.63. The monoisotopic (exact) mass is 236 g/mol. The third-order valence-electron chi connectivity index (χ3n) is 2.93. The molecule has 0 bridgehead atoms. The first-order valence-electron chi connectivity index (χ1n) is 5.02. The van der Waals surface area contributed by atoms with E-state index in [0.717, 1.165) is 25.7 Å². The van der Waals surface area contributed by atoms with Gasteiger partial charge in [-0.05, 0) is 32.6 Å². The van der Waals surface area contributed by atoms with E-state index in [2.05, 4.69) is 0 Å². The van der Waals surface area contributed by atoms with Crippen LogP contribution >= 0.6 is 7.60 Å². The van der Waals surface area contributed by atoms with E-state index >= 15 is 0 Å². The fourth-order valence-electron chi connectivity index (χ4n) is 1.99. The number of hydrogen-bond acceptors (Lipinski definition) is 3. The van der Waals surface area contributed by atoms with Crippen molar-refractivity contribution in [2.24, 2.45) is 5.92 Å². The molecule has 0 heterocycles. The van der Waals surface area contributed by atoms with Gasteiger partial charge in [0.05, 0.1) is 0 Å². The second-order valence-electron chi connectivity index (χ2n) is 4.50. The fourth-order valence-corrected chi connectivity index (χ4v) is 2.34. The molecule has 15 heavy (non-hydrogen) atoms. The molecule has 1 saturated carbocycles. The van der Waals surface area contributed by atoms with Crippen LogP contribution in [0.2, 0.25) is 0 Å². The molecule has 1 fully saturated rings. The van der Waals surface area contributed by atoms with Crippen LogP contribution in [-0.4, -0.2) is 21.1 Å². The van der Waals surface area contributed by atoms with Crippen molar-refractivity contribution in [1.82, 2.24) is 0 Å². The molecule has 0 aromatic carbocycles. The summed E-state index contributed by atoms with van der Waals surface area (Å²) in [6.45, 7) is 3.41. The van der Waals surface area contributed by atoms with Gasteiger partial charge in [0.2, 0.25) is 0 Å². The topological polar surface area (TPSA) is 83.8 Å². The van der Waals surface area contributed by atoms with Crippen LogP contribution in [0.15, 0.2) is 0 Å². The molecule has 2 N–H and O–H groups in total. The number of carbonyl (C=O) groups is 1. The van der Waals surface area contributed by atoms with E-state index in [1.807, 2.05) is 0 Å². The average Bonchev–Trinajstić information content (AvgIpc) is 2.52. The van der Waals surface area contributed by atoms with Crippen molar-refractivity contribution in [3.8, 4) is 0 Å². The molecule has 0 radical (unpaired) electrons. The van der Waals surface area contributed by atoms with Crippen LogP contribution in [0.3, 0.4) is 0 Å². The largest absolute Gasteiger partial charge is 0.450 e. The van der Waals surface area contributed by atoms with Crippen LogP contribution in [0.4, 0.5) is 4.79 Å². The molecule has 0 saturated heterocycles. The summed E-state index contributed by atoms with van der Waals surface area (Å²) in [4.78, 5) is 28.3. The van der Waals surface area contributed by atoms with Gasteiger partial charge in [-0.2, -0.15) is 0 Å². The molecule has 0 amide bonds. The lowest BCUT2D eigenvalue weighted by Gasteiger charge is -2.31. The molecule has 0 atom stereocenters. The Morgan fingerprint density at radius 3 is 2.20 bits per heavy atom. The molecule has 0 spiro atoms. The van der Waals surface area contributed by atoms with Gasteiger partial charge < -0.3 is 14.5 Å². The van der Waals surface area contributed by atoms with Crippen LogP contribution < -0.4 is 0 Å². The van der Waals surface area contributed by atoms with Gasteiger partial charge in [-0.1, -0.05) is 12.8 Å². The minimum atomic E-state index is -4.75. The molecule has 6 heteroatoms. The summed E-state index contributed by atoms with van der Waals surface area (Å²) in [7, 11) is -4.75. The van der Waals surface area contributed by atoms with E-state index in [1.54, 1.807) is 13.8 Å². The predicted molar refractivity (Wildman–Crippen MR) is 54.6 cm³/mol. The Bertz CT molecular complexity index is 287. The van der Waals surface area contributed by atoms with Crippen molar-refractivity contribution in [2.75, 3.05) is 0 Å². The van der Waals surface area contributed by atoms with Gasteiger partial charge >= 0.3 is 13.3 Å². The molecular weight excluding hydrogens is 219 g/mol. The summed E-state index contributed by atoms with van der Waals surface area (Å²) >= 11 is 0. The Labute approximate surface area is 89.0 Å². The summed E-state index contributed by atoms with van der Waals surface area (Å²) in [5, 5.41) is 0. The van der Waals surface area contributed by atoms with Crippen LogP contribution in [0, 0.1) is 5.92 Å². The minimum Gasteiger partial charge on any atom is -0.450 e. The van der Waals surface area contributed by atoms with Crippen molar-refractivity contribution < 1.29 is 23.9 Å². The van der Waals surface area contributed by atoms with Crippen molar-refractivity contribution in [3.05, 3.63) is 0 Å². The lowest BCUT2D eigenvalue weighted by molar-refractivity contribution is 0.00660. The van der Waals surface area contributed by atoms with E-state index < -0.39 is 18.9 Å². The van der Waals surface area contributed by atoms with E-state index in [0.29, 0.717) is 0 Å². The maximum absolute atomic E-state index is 11.1. The second kappa shape index (κ2) is 4.24. The summed E-state index contributed by atoms with van der Waals surface area (Å²) in [6, 6.07) is 0. The lowest BCUT2D eigenvalue weighted by atomic mass is 9.89. The van der Waals surface area contributed by atoms with Gasteiger partial charge in [-0.15, -0.1) is 0 Å². The number of rotatable bonds is 3. The zero-order valence-corrected chi connectivity index (χ0v) is 9.87. The highest BCUT2D eigenvalue weighted by molar-refractivity contribution is 7.69. The van der Waals surface area contributed by atoms with Gasteiger partial charge in [0, 0.05) is 0 Å².